The van der Waals surface area contributed by atoms with Crippen molar-refractivity contribution >= 4 is 11.9 Å². The molecule has 0 aliphatic heterocycles. The lowest BCUT2D eigenvalue weighted by Gasteiger charge is -2.12. The van der Waals surface area contributed by atoms with Crippen LogP contribution in [-0.2, 0) is 16.1 Å². The Kier molecular flexibility index (Phi) is 5.54. The van der Waals surface area contributed by atoms with Gasteiger partial charge >= 0.3 is 5.97 Å². The van der Waals surface area contributed by atoms with Crippen LogP contribution in [0.5, 0.6) is 0 Å². The fourth-order valence-electron chi connectivity index (χ4n) is 1.90. The van der Waals surface area contributed by atoms with E-state index in [1.165, 1.54) is 0 Å². The summed E-state index contributed by atoms with van der Waals surface area (Å²) < 4.78 is 1.86. The van der Waals surface area contributed by atoms with Crippen molar-refractivity contribution in [2.75, 3.05) is 0 Å². The van der Waals surface area contributed by atoms with Crippen LogP contribution in [-0.4, -0.2) is 32.8 Å². The SMILES string of the molecule is CC[C@H](NC(=O)CCCn1nc(C)cc1C)C(=O)O. The van der Waals surface area contributed by atoms with E-state index >= 15 is 0 Å². The van der Waals surface area contributed by atoms with Crippen molar-refractivity contribution in [3.05, 3.63) is 17.5 Å². The molecule has 0 saturated carbocycles. The van der Waals surface area contributed by atoms with Crippen molar-refractivity contribution in [3.63, 3.8) is 0 Å². The molecular weight excluding hydrogens is 246 g/mol. The third-order valence-corrected chi connectivity index (χ3v) is 2.92. The highest BCUT2D eigenvalue weighted by Gasteiger charge is 2.17. The monoisotopic (exact) mass is 267 g/mol. The number of aryl methyl sites for hydroxylation is 3. The van der Waals surface area contributed by atoms with E-state index in [4.69, 9.17) is 5.11 Å². The molecule has 1 aromatic rings. The minimum absolute atomic E-state index is 0.226. The van der Waals surface area contributed by atoms with Gasteiger partial charge in [0.2, 0.25) is 5.91 Å². The highest BCUT2D eigenvalue weighted by Crippen LogP contribution is 2.04. The second-order valence-corrected chi connectivity index (χ2v) is 4.62. The zero-order valence-corrected chi connectivity index (χ0v) is 11.6. The van der Waals surface area contributed by atoms with Crippen molar-refractivity contribution in [1.82, 2.24) is 15.1 Å². The number of nitrogens with one attached hydrogen (secondary N) is 1. The molecular formula is C13H21N3O3. The Hall–Kier alpha value is -1.85. The number of aliphatic carboxylic acids is 1. The lowest BCUT2D eigenvalue weighted by atomic mass is 10.2. The Labute approximate surface area is 112 Å². The number of aromatic nitrogens is 2. The minimum atomic E-state index is -0.991. The van der Waals surface area contributed by atoms with Crippen molar-refractivity contribution in [1.29, 1.82) is 0 Å². The number of carboxylic acid groups (broad SMARTS) is 1. The smallest absolute Gasteiger partial charge is 0.326 e. The summed E-state index contributed by atoms with van der Waals surface area (Å²) in [4.78, 5) is 22.4. The first-order valence-electron chi connectivity index (χ1n) is 6.47. The molecule has 6 nitrogen and oxygen atoms in total. The predicted molar refractivity (Wildman–Crippen MR) is 70.8 cm³/mol. The second kappa shape index (κ2) is 6.92. The van der Waals surface area contributed by atoms with E-state index < -0.39 is 12.0 Å². The summed E-state index contributed by atoms with van der Waals surface area (Å²) in [5, 5.41) is 15.6. The van der Waals surface area contributed by atoms with Gasteiger partial charge in [-0.2, -0.15) is 5.10 Å². The summed E-state index contributed by atoms with van der Waals surface area (Å²) in [5.41, 5.74) is 2.02. The highest BCUT2D eigenvalue weighted by molar-refractivity contribution is 5.83. The molecule has 0 saturated heterocycles. The number of hydrogen-bond donors (Lipinski definition) is 2. The Morgan fingerprint density at radius 3 is 2.63 bits per heavy atom. The summed E-state index contributed by atoms with van der Waals surface area (Å²) in [7, 11) is 0. The largest absolute Gasteiger partial charge is 0.480 e. The zero-order chi connectivity index (χ0) is 14.4. The first-order valence-corrected chi connectivity index (χ1v) is 6.47. The lowest BCUT2D eigenvalue weighted by molar-refractivity contribution is -0.141. The van der Waals surface area contributed by atoms with E-state index in [0.717, 1.165) is 11.4 Å². The van der Waals surface area contributed by atoms with E-state index in [0.29, 0.717) is 25.8 Å². The summed E-state index contributed by atoms with van der Waals surface area (Å²) in [6, 6.07) is 1.19. The van der Waals surface area contributed by atoms with E-state index in [1.54, 1.807) is 6.92 Å². The summed E-state index contributed by atoms with van der Waals surface area (Å²) in [6.07, 6.45) is 1.34. The van der Waals surface area contributed by atoms with Crippen LogP contribution < -0.4 is 5.32 Å². The van der Waals surface area contributed by atoms with Gasteiger partial charge in [-0.05, 0) is 32.8 Å². The van der Waals surface area contributed by atoms with E-state index in [1.807, 2.05) is 24.6 Å². The Bertz CT molecular complexity index is 454. The van der Waals surface area contributed by atoms with Gasteiger partial charge in [0.15, 0.2) is 0 Å². The molecule has 0 fully saturated rings. The van der Waals surface area contributed by atoms with Crippen LogP contribution in [0.25, 0.3) is 0 Å². The first-order chi connectivity index (χ1) is 8.93. The lowest BCUT2D eigenvalue weighted by Crippen LogP contribution is -2.40. The highest BCUT2D eigenvalue weighted by atomic mass is 16.4. The zero-order valence-electron chi connectivity index (χ0n) is 11.6. The van der Waals surface area contributed by atoms with Crippen molar-refractivity contribution < 1.29 is 14.7 Å². The van der Waals surface area contributed by atoms with Crippen molar-refractivity contribution in [2.24, 2.45) is 0 Å². The van der Waals surface area contributed by atoms with Gasteiger partial charge < -0.3 is 10.4 Å². The summed E-state index contributed by atoms with van der Waals surface area (Å²) in [5.74, 6) is -1.22. The van der Waals surface area contributed by atoms with Crippen LogP contribution in [0.15, 0.2) is 6.07 Å². The molecule has 6 heteroatoms. The maximum atomic E-state index is 11.6. The molecule has 0 aromatic carbocycles. The number of amides is 1. The molecule has 2 N–H and O–H groups in total. The van der Waals surface area contributed by atoms with E-state index in [-0.39, 0.29) is 5.91 Å². The molecule has 0 radical (unpaired) electrons. The topological polar surface area (TPSA) is 84.2 Å². The molecule has 0 aliphatic rings. The standard InChI is InChI=1S/C13H21N3O3/c1-4-11(13(18)19)14-12(17)6-5-7-16-10(3)8-9(2)15-16/h8,11H,4-7H2,1-3H3,(H,14,17)(H,18,19)/t11-/m0/s1. The predicted octanol–water partition coefficient (Wildman–Crippen LogP) is 1.26. The third-order valence-electron chi connectivity index (χ3n) is 2.92. The van der Waals surface area contributed by atoms with Gasteiger partial charge in [0.25, 0.3) is 0 Å². The quantitative estimate of drug-likeness (QED) is 0.779. The van der Waals surface area contributed by atoms with Crippen molar-refractivity contribution in [3.8, 4) is 0 Å². The maximum Gasteiger partial charge on any atom is 0.326 e. The van der Waals surface area contributed by atoms with E-state index in [2.05, 4.69) is 10.4 Å². The molecule has 0 bridgehead atoms. The molecule has 1 atom stereocenters. The normalized spacial score (nSPS) is 12.2. The van der Waals surface area contributed by atoms with Gasteiger partial charge in [0.05, 0.1) is 5.69 Å². The van der Waals surface area contributed by atoms with Crippen LogP contribution in [0.2, 0.25) is 0 Å². The first kappa shape index (κ1) is 15.2. The molecule has 106 valence electrons. The number of hydrogen-bond acceptors (Lipinski definition) is 3. The molecule has 19 heavy (non-hydrogen) atoms. The third kappa shape index (κ3) is 4.73. The average molecular weight is 267 g/mol. The Morgan fingerprint density at radius 1 is 1.47 bits per heavy atom. The number of nitrogens with zero attached hydrogens (tertiary/aromatic N) is 2. The number of carboxylic acids is 1. The van der Waals surface area contributed by atoms with Crippen LogP contribution in [0.3, 0.4) is 0 Å². The van der Waals surface area contributed by atoms with Gasteiger partial charge in [0.1, 0.15) is 6.04 Å². The molecule has 0 unspecified atom stereocenters. The van der Waals surface area contributed by atoms with Crippen LogP contribution in [0.1, 0.15) is 37.6 Å². The van der Waals surface area contributed by atoms with Crippen LogP contribution in [0.4, 0.5) is 0 Å². The van der Waals surface area contributed by atoms with Gasteiger partial charge in [0, 0.05) is 18.7 Å². The van der Waals surface area contributed by atoms with Crippen LogP contribution >= 0.6 is 0 Å². The summed E-state index contributed by atoms with van der Waals surface area (Å²) >= 11 is 0. The van der Waals surface area contributed by atoms with E-state index in [9.17, 15) is 9.59 Å². The number of rotatable bonds is 7. The van der Waals surface area contributed by atoms with Crippen LogP contribution in [0, 0.1) is 13.8 Å². The fraction of sp³-hybridized carbons (Fsp3) is 0.615. The van der Waals surface area contributed by atoms with Gasteiger partial charge in [-0.25, -0.2) is 4.79 Å². The second-order valence-electron chi connectivity index (χ2n) is 4.62. The fourth-order valence-corrected chi connectivity index (χ4v) is 1.90. The molecule has 0 spiro atoms. The van der Waals surface area contributed by atoms with Gasteiger partial charge in [-0.3, -0.25) is 9.48 Å². The minimum Gasteiger partial charge on any atom is -0.480 e. The molecule has 1 heterocycles. The van der Waals surface area contributed by atoms with Gasteiger partial charge in [-0.1, -0.05) is 6.92 Å². The molecule has 1 aromatic heterocycles. The van der Waals surface area contributed by atoms with Crippen molar-refractivity contribution in [2.45, 2.75) is 52.6 Å². The molecule has 0 aliphatic carbocycles. The molecule has 1 rings (SSSR count). The maximum absolute atomic E-state index is 11.6. The molecule has 1 amide bonds. The van der Waals surface area contributed by atoms with Gasteiger partial charge in [-0.15, -0.1) is 0 Å². The Morgan fingerprint density at radius 2 is 2.16 bits per heavy atom. The average Bonchev–Trinajstić information content (AvgIpc) is 2.64. The Balaban J connectivity index is 2.35. The number of carbonyl (C=O) groups excluding carboxylic acids is 1. The summed E-state index contributed by atoms with van der Waals surface area (Å²) in [6.45, 7) is 6.29. The number of carbonyl (C=O) groups is 2.